The number of aliphatic carboxylic acids is 1. The van der Waals surface area contributed by atoms with Crippen molar-refractivity contribution in [2.24, 2.45) is 0 Å². The topological polar surface area (TPSA) is 75.6 Å². The summed E-state index contributed by atoms with van der Waals surface area (Å²) in [6.07, 6.45) is -1.38. The molecule has 0 aliphatic carbocycles. The highest BCUT2D eigenvalue weighted by Crippen LogP contribution is 2.17. The zero-order chi connectivity index (χ0) is 20.0. The molecule has 2 aromatic carbocycles. The molecule has 0 bridgehead atoms. The van der Waals surface area contributed by atoms with E-state index in [-0.39, 0.29) is 30.4 Å². The number of hydrogen-bond donors (Lipinski definition) is 2. The van der Waals surface area contributed by atoms with Crippen LogP contribution in [0.4, 0.5) is 10.1 Å². The molecule has 2 N–H and O–H groups in total. The fourth-order valence-electron chi connectivity index (χ4n) is 2.54. The number of carbonyl (C=O) groups excluding carboxylic acids is 1. The van der Waals surface area contributed by atoms with Crippen LogP contribution in [0.1, 0.15) is 25.0 Å². The molecule has 1 atom stereocenters. The standard InChI is InChI=1S/C20H21ClFNO4/c1-12(2)27-18(20(25)26)10-13-3-8-17(22)14(9-13)11-19(24)23-16-6-4-15(21)5-7-16/h3-9,12,18H,10-11H2,1-2H3,(H,23,24)(H,25,26). The molecule has 0 spiro atoms. The molecule has 1 unspecified atom stereocenters. The Morgan fingerprint density at radius 2 is 1.85 bits per heavy atom. The summed E-state index contributed by atoms with van der Waals surface area (Å²) < 4.78 is 19.5. The number of anilines is 1. The molecule has 0 heterocycles. The molecule has 1 amide bonds. The molecule has 0 saturated heterocycles. The van der Waals surface area contributed by atoms with E-state index in [1.54, 1.807) is 38.1 Å². The molecule has 144 valence electrons. The lowest BCUT2D eigenvalue weighted by molar-refractivity contribution is -0.153. The van der Waals surface area contributed by atoms with Gasteiger partial charge in [0.15, 0.2) is 6.10 Å². The molecule has 0 fully saturated rings. The third-order valence-corrected chi connectivity index (χ3v) is 3.97. The first-order valence-electron chi connectivity index (χ1n) is 8.45. The van der Waals surface area contributed by atoms with Crippen LogP contribution in [0.2, 0.25) is 5.02 Å². The van der Waals surface area contributed by atoms with E-state index in [2.05, 4.69) is 5.32 Å². The third-order valence-electron chi connectivity index (χ3n) is 3.72. The highest BCUT2D eigenvalue weighted by molar-refractivity contribution is 6.30. The molecule has 0 aromatic heterocycles. The van der Waals surface area contributed by atoms with E-state index in [1.807, 2.05) is 0 Å². The van der Waals surface area contributed by atoms with Crippen LogP contribution in [0.15, 0.2) is 42.5 Å². The van der Waals surface area contributed by atoms with Gasteiger partial charge in [0.05, 0.1) is 12.5 Å². The van der Waals surface area contributed by atoms with Crippen molar-refractivity contribution >= 4 is 29.2 Å². The monoisotopic (exact) mass is 393 g/mol. The third kappa shape index (κ3) is 6.66. The van der Waals surface area contributed by atoms with Crippen molar-refractivity contribution in [2.45, 2.75) is 38.9 Å². The fourth-order valence-corrected chi connectivity index (χ4v) is 2.66. The van der Waals surface area contributed by atoms with Crippen molar-refractivity contribution in [2.75, 3.05) is 5.32 Å². The second kappa shape index (κ2) is 9.48. The van der Waals surface area contributed by atoms with Gasteiger partial charge in [0.25, 0.3) is 0 Å². The number of rotatable bonds is 8. The summed E-state index contributed by atoms with van der Waals surface area (Å²) in [5.41, 5.74) is 1.32. The van der Waals surface area contributed by atoms with E-state index in [9.17, 15) is 19.1 Å². The Morgan fingerprint density at radius 1 is 1.19 bits per heavy atom. The van der Waals surface area contributed by atoms with Gasteiger partial charge < -0.3 is 15.2 Å². The van der Waals surface area contributed by atoms with Crippen molar-refractivity contribution in [1.82, 2.24) is 0 Å². The highest BCUT2D eigenvalue weighted by atomic mass is 35.5. The van der Waals surface area contributed by atoms with Crippen LogP contribution in [0, 0.1) is 5.82 Å². The van der Waals surface area contributed by atoms with Crippen LogP contribution < -0.4 is 5.32 Å². The van der Waals surface area contributed by atoms with Crippen LogP contribution in [-0.2, 0) is 27.2 Å². The lowest BCUT2D eigenvalue weighted by Gasteiger charge is -2.17. The van der Waals surface area contributed by atoms with Gasteiger partial charge in [-0.3, -0.25) is 4.79 Å². The smallest absolute Gasteiger partial charge is 0.333 e. The number of nitrogens with one attached hydrogen (secondary N) is 1. The Bertz CT molecular complexity index is 808. The Labute approximate surface area is 162 Å². The van der Waals surface area contributed by atoms with Crippen LogP contribution in [0.25, 0.3) is 0 Å². The quantitative estimate of drug-likeness (QED) is 0.708. The molecule has 7 heteroatoms. The number of carboxylic acid groups (broad SMARTS) is 1. The second-order valence-corrected chi connectivity index (χ2v) is 6.81. The van der Waals surface area contributed by atoms with Crippen molar-refractivity contribution in [3.8, 4) is 0 Å². The molecule has 2 rings (SSSR count). The Balaban J connectivity index is 2.08. The van der Waals surface area contributed by atoms with Crippen molar-refractivity contribution < 1.29 is 23.8 Å². The van der Waals surface area contributed by atoms with Crippen molar-refractivity contribution in [1.29, 1.82) is 0 Å². The number of carbonyl (C=O) groups is 2. The van der Waals surface area contributed by atoms with Gasteiger partial charge in [-0.1, -0.05) is 23.7 Å². The summed E-state index contributed by atoms with van der Waals surface area (Å²) in [5, 5.41) is 12.5. The summed E-state index contributed by atoms with van der Waals surface area (Å²) in [4.78, 5) is 23.5. The number of hydrogen-bond acceptors (Lipinski definition) is 3. The van der Waals surface area contributed by atoms with Gasteiger partial charge >= 0.3 is 5.97 Å². The largest absolute Gasteiger partial charge is 0.479 e. The average molecular weight is 394 g/mol. The molecule has 27 heavy (non-hydrogen) atoms. The summed E-state index contributed by atoms with van der Waals surface area (Å²) in [5.74, 6) is -2.00. The second-order valence-electron chi connectivity index (χ2n) is 6.37. The highest BCUT2D eigenvalue weighted by Gasteiger charge is 2.21. The maximum absolute atomic E-state index is 14.1. The predicted octanol–water partition coefficient (Wildman–Crippen LogP) is 4.08. The number of amides is 1. The van der Waals surface area contributed by atoms with E-state index >= 15 is 0 Å². The van der Waals surface area contributed by atoms with E-state index in [0.29, 0.717) is 16.3 Å². The molecule has 0 aliphatic rings. The maximum atomic E-state index is 14.1. The fraction of sp³-hybridized carbons (Fsp3) is 0.300. The van der Waals surface area contributed by atoms with Gasteiger partial charge in [0, 0.05) is 17.1 Å². The van der Waals surface area contributed by atoms with E-state index in [1.165, 1.54) is 18.2 Å². The maximum Gasteiger partial charge on any atom is 0.333 e. The zero-order valence-corrected chi connectivity index (χ0v) is 15.8. The van der Waals surface area contributed by atoms with Gasteiger partial charge in [-0.15, -0.1) is 0 Å². The number of benzene rings is 2. The van der Waals surface area contributed by atoms with Gasteiger partial charge in [-0.2, -0.15) is 0 Å². The Hall–Kier alpha value is -2.44. The van der Waals surface area contributed by atoms with Gasteiger partial charge in [0.1, 0.15) is 5.82 Å². The van der Waals surface area contributed by atoms with Crippen LogP contribution in [0.5, 0.6) is 0 Å². The van der Waals surface area contributed by atoms with E-state index < -0.39 is 17.9 Å². The molecule has 0 saturated carbocycles. The summed E-state index contributed by atoms with van der Waals surface area (Å²) in [6, 6.07) is 10.8. The minimum atomic E-state index is -1.09. The van der Waals surface area contributed by atoms with Crippen LogP contribution in [-0.4, -0.2) is 29.2 Å². The van der Waals surface area contributed by atoms with Gasteiger partial charge in [-0.05, 0) is 55.3 Å². The first-order chi connectivity index (χ1) is 12.7. The Morgan fingerprint density at radius 3 is 2.44 bits per heavy atom. The van der Waals surface area contributed by atoms with E-state index in [4.69, 9.17) is 16.3 Å². The Kier molecular flexibility index (Phi) is 7.33. The molecular formula is C20H21ClFNO4. The SMILES string of the molecule is CC(C)OC(Cc1ccc(F)c(CC(=O)Nc2ccc(Cl)cc2)c1)C(=O)O. The minimum Gasteiger partial charge on any atom is -0.479 e. The molecule has 2 aromatic rings. The summed E-state index contributed by atoms with van der Waals surface area (Å²) in [6.45, 7) is 3.49. The van der Waals surface area contributed by atoms with Gasteiger partial charge in [-0.25, -0.2) is 9.18 Å². The van der Waals surface area contributed by atoms with Crippen LogP contribution in [0.3, 0.4) is 0 Å². The molecule has 5 nitrogen and oxygen atoms in total. The lowest BCUT2D eigenvalue weighted by Crippen LogP contribution is -2.29. The normalized spacial score (nSPS) is 12.0. The van der Waals surface area contributed by atoms with Gasteiger partial charge in [0.2, 0.25) is 5.91 Å². The first kappa shape index (κ1) is 20.9. The van der Waals surface area contributed by atoms with Crippen molar-refractivity contribution in [3.63, 3.8) is 0 Å². The predicted molar refractivity (Wildman–Crippen MR) is 102 cm³/mol. The number of halogens is 2. The summed E-state index contributed by atoms with van der Waals surface area (Å²) >= 11 is 5.80. The zero-order valence-electron chi connectivity index (χ0n) is 15.0. The van der Waals surface area contributed by atoms with Crippen molar-refractivity contribution in [3.05, 3.63) is 64.4 Å². The minimum absolute atomic E-state index is 0.0829. The number of ether oxygens (including phenoxy) is 1. The van der Waals surface area contributed by atoms with E-state index in [0.717, 1.165) is 0 Å². The molecule has 0 radical (unpaired) electrons. The molecular weight excluding hydrogens is 373 g/mol. The first-order valence-corrected chi connectivity index (χ1v) is 8.83. The lowest BCUT2D eigenvalue weighted by atomic mass is 10.0. The number of carboxylic acids is 1. The average Bonchev–Trinajstić information content (AvgIpc) is 2.58. The summed E-state index contributed by atoms with van der Waals surface area (Å²) in [7, 11) is 0. The van der Waals surface area contributed by atoms with Crippen LogP contribution >= 0.6 is 11.6 Å². The molecule has 0 aliphatic heterocycles.